The van der Waals surface area contributed by atoms with Crippen molar-refractivity contribution >= 4 is 35.6 Å². The smallest absolute Gasteiger partial charge is 0.329 e. The van der Waals surface area contributed by atoms with Crippen LogP contribution in [-0.2, 0) is 14.4 Å². The average molecular weight is 383 g/mol. The van der Waals surface area contributed by atoms with Crippen LogP contribution in [0.1, 0.15) is 12.5 Å². The van der Waals surface area contributed by atoms with Gasteiger partial charge in [-0.3, -0.25) is 9.59 Å². The lowest BCUT2D eigenvalue weighted by Crippen LogP contribution is -2.37. The number of carbonyl (C=O) groups excluding carboxylic acids is 3. The Bertz CT molecular complexity index is 720. The topological polar surface area (TPSA) is 129 Å². The molecule has 0 unspecified atom stereocenters. The molecule has 0 atom stereocenters. The van der Waals surface area contributed by atoms with Crippen molar-refractivity contribution < 1.29 is 29.0 Å². The van der Waals surface area contributed by atoms with Crippen molar-refractivity contribution in [1.82, 2.24) is 10.7 Å². The molecule has 1 aromatic rings. The zero-order valence-corrected chi connectivity index (χ0v) is 14.7. The van der Waals surface area contributed by atoms with Crippen molar-refractivity contribution in [3.8, 4) is 11.5 Å². The first-order valence-corrected chi connectivity index (χ1v) is 7.77. The van der Waals surface area contributed by atoms with Gasteiger partial charge in [0.25, 0.3) is 0 Å². The number of aliphatic carboxylic acids is 1. The van der Waals surface area contributed by atoms with Gasteiger partial charge < -0.3 is 24.7 Å². The molecule has 9 nitrogen and oxygen atoms in total. The molecule has 0 bridgehead atoms. The zero-order valence-electron chi connectivity index (χ0n) is 13.9. The summed E-state index contributed by atoms with van der Waals surface area (Å²) in [7, 11) is 0. The van der Waals surface area contributed by atoms with Gasteiger partial charge in [-0.05, 0) is 24.6 Å². The van der Waals surface area contributed by atoms with Crippen molar-refractivity contribution in [2.24, 2.45) is 5.10 Å². The highest BCUT2D eigenvalue weighted by Crippen LogP contribution is 2.36. The quantitative estimate of drug-likeness (QED) is 0.259. The third-order valence-corrected chi connectivity index (χ3v) is 2.94. The molecule has 2 N–H and O–H groups in total. The molecular weight excluding hydrogens is 366 g/mol. The first kappa shape index (κ1) is 21.0. The Labute approximate surface area is 154 Å². The number of carboxylic acids is 1. The number of rotatable bonds is 9. The molecule has 0 heterocycles. The number of nitrogens with one attached hydrogen (secondary N) is 2. The van der Waals surface area contributed by atoms with E-state index in [0.717, 1.165) is 0 Å². The fourth-order valence-electron chi connectivity index (χ4n) is 1.66. The molecule has 26 heavy (non-hydrogen) atoms. The molecule has 0 fully saturated rings. The highest BCUT2D eigenvalue weighted by Gasteiger charge is 2.13. The number of benzene rings is 1. The van der Waals surface area contributed by atoms with Crippen molar-refractivity contribution in [2.45, 2.75) is 6.92 Å². The summed E-state index contributed by atoms with van der Waals surface area (Å²) in [5.74, 6) is -2.98. The van der Waals surface area contributed by atoms with Crippen LogP contribution in [0.2, 0.25) is 5.02 Å². The van der Waals surface area contributed by atoms with E-state index >= 15 is 0 Å². The standard InChI is InChI=1S/C16H18ClN3O6/c1-3-5-18-15(23)16(24)20-19-8-10-6-11(17)14(26-9-13(21)22)12(7-10)25-4-2/h3,6-8H,1,4-5,9H2,2H3,(H,18,23)(H,20,24)(H,21,22)/p-1/b19-8-. The maximum Gasteiger partial charge on any atom is 0.329 e. The maximum atomic E-state index is 11.5. The molecule has 0 aliphatic heterocycles. The fraction of sp³-hybridized carbons (Fsp3) is 0.250. The highest BCUT2D eigenvalue weighted by atomic mass is 35.5. The second-order valence-electron chi connectivity index (χ2n) is 4.62. The number of halogens is 1. The van der Waals surface area contributed by atoms with E-state index in [2.05, 4.69) is 17.0 Å². The second kappa shape index (κ2) is 10.7. The number of ether oxygens (including phenoxy) is 2. The van der Waals surface area contributed by atoms with Gasteiger partial charge in [0.2, 0.25) is 0 Å². The molecule has 0 spiro atoms. The fourth-order valence-corrected chi connectivity index (χ4v) is 1.93. The summed E-state index contributed by atoms with van der Waals surface area (Å²) in [6.45, 7) is 4.86. The Morgan fingerprint density at radius 1 is 1.31 bits per heavy atom. The van der Waals surface area contributed by atoms with Gasteiger partial charge in [0.1, 0.15) is 6.61 Å². The van der Waals surface area contributed by atoms with E-state index < -0.39 is 24.4 Å². The number of carbonyl (C=O) groups is 3. The van der Waals surface area contributed by atoms with Crippen molar-refractivity contribution in [3.05, 3.63) is 35.4 Å². The number of hydrogen-bond donors (Lipinski definition) is 2. The van der Waals surface area contributed by atoms with E-state index in [-0.39, 0.29) is 29.7 Å². The molecule has 2 amide bonds. The lowest BCUT2D eigenvalue weighted by molar-refractivity contribution is -0.307. The Hall–Kier alpha value is -3.07. The minimum atomic E-state index is -1.41. The zero-order chi connectivity index (χ0) is 19.5. The van der Waals surface area contributed by atoms with Gasteiger partial charge in [0, 0.05) is 6.54 Å². The average Bonchev–Trinajstić information content (AvgIpc) is 2.58. The summed E-state index contributed by atoms with van der Waals surface area (Å²) in [4.78, 5) is 33.4. The van der Waals surface area contributed by atoms with Gasteiger partial charge in [0.05, 0.1) is 23.8 Å². The van der Waals surface area contributed by atoms with Crippen LogP contribution in [0.15, 0.2) is 29.9 Å². The molecule has 0 aliphatic carbocycles. The van der Waals surface area contributed by atoms with Gasteiger partial charge in [-0.2, -0.15) is 5.10 Å². The van der Waals surface area contributed by atoms with Crippen LogP contribution in [0.4, 0.5) is 0 Å². The molecular formula is C16H17ClN3O6-. The molecule has 0 radical (unpaired) electrons. The van der Waals surface area contributed by atoms with E-state index in [9.17, 15) is 19.5 Å². The van der Waals surface area contributed by atoms with Crippen LogP contribution in [0.25, 0.3) is 0 Å². The number of hydrogen-bond acceptors (Lipinski definition) is 7. The lowest BCUT2D eigenvalue weighted by Gasteiger charge is -2.14. The summed E-state index contributed by atoms with van der Waals surface area (Å²) < 4.78 is 10.4. The molecule has 0 aromatic heterocycles. The third kappa shape index (κ3) is 6.81. The van der Waals surface area contributed by atoms with Gasteiger partial charge in [-0.25, -0.2) is 5.43 Å². The molecule has 0 aliphatic rings. The molecule has 1 aromatic carbocycles. The van der Waals surface area contributed by atoms with Crippen molar-refractivity contribution in [3.63, 3.8) is 0 Å². The Balaban J connectivity index is 2.86. The van der Waals surface area contributed by atoms with Crippen LogP contribution in [-0.4, -0.2) is 43.8 Å². The molecule has 0 saturated carbocycles. The predicted molar refractivity (Wildman–Crippen MR) is 92.1 cm³/mol. The number of nitrogens with zero attached hydrogens (tertiary/aromatic N) is 1. The molecule has 10 heteroatoms. The van der Waals surface area contributed by atoms with Crippen LogP contribution in [0.3, 0.4) is 0 Å². The number of carboxylic acid groups (broad SMARTS) is 1. The lowest BCUT2D eigenvalue weighted by atomic mass is 10.2. The highest BCUT2D eigenvalue weighted by molar-refractivity contribution is 6.35. The molecule has 1 rings (SSSR count). The van der Waals surface area contributed by atoms with Gasteiger partial charge in [-0.1, -0.05) is 17.7 Å². The maximum absolute atomic E-state index is 11.5. The Morgan fingerprint density at radius 2 is 2.04 bits per heavy atom. The summed E-state index contributed by atoms with van der Waals surface area (Å²) in [5.41, 5.74) is 2.47. The van der Waals surface area contributed by atoms with E-state index in [1.54, 1.807) is 6.92 Å². The Morgan fingerprint density at radius 3 is 2.65 bits per heavy atom. The monoisotopic (exact) mass is 382 g/mol. The van der Waals surface area contributed by atoms with Crippen LogP contribution < -0.4 is 25.3 Å². The Kier molecular flexibility index (Phi) is 8.65. The minimum Gasteiger partial charge on any atom is -0.546 e. The summed E-state index contributed by atoms with van der Waals surface area (Å²) in [6.07, 6.45) is 2.66. The van der Waals surface area contributed by atoms with E-state index in [4.69, 9.17) is 21.1 Å². The third-order valence-electron chi connectivity index (χ3n) is 2.66. The van der Waals surface area contributed by atoms with Crippen LogP contribution >= 0.6 is 11.6 Å². The summed E-state index contributed by atoms with van der Waals surface area (Å²) >= 11 is 6.06. The summed E-state index contributed by atoms with van der Waals surface area (Å²) in [5, 5.41) is 16.5. The molecule has 0 saturated heterocycles. The van der Waals surface area contributed by atoms with Crippen LogP contribution in [0, 0.1) is 0 Å². The van der Waals surface area contributed by atoms with E-state index in [1.165, 1.54) is 24.4 Å². The largest absolute Gasteiger partial charge is 0.546 e. The van der Waals surface area contributed by atoms with Crippen LogP contribution in [0.5, 0.6) is 11.5 Å². The van der Waals surface area contributed by atoms with Crippen molar-refractivity contribution in [2.75, 3.05) is 19.8 Å². The van der Waals surface area contributed by atoms with Crippen molar-refractivity contribution in [1.29, 1.82) is 0 Å². The molecule has 140 valence electrons. The van der Waals surface area contributed by atoms with Gasteiger partial charge in [-0.15, -0.1) is 6.58 Å². The van der Waals surface area contributed by atoms with Gasteiger partial charge in [0.15, 0.2) is 11.5 Å². The van der Waals surface area contributed by atoms with Gasteiger partial charge >= 0.3 is 11.8 Å². The predicted octanol–water partition coefficient (Wildman–Crippen LogP) is -0.380. The van der Waals surface area contributed by atoms with E-state index in [1.807, 2.05) is 5.43 Å². The normalized spacial score (nSPS) is 10.2. The number of amides is 2. The van der Waals surface area contributed by atoms with E-state index in [0.29, 0.717) is 5.56 Å². The summed E-state index contributed by atoms with van der Waals surface area (Å²) in [6, 6.07) is 2.90. The first-order valence-electron chi connectivity index (χ1n) is 7.40. The minimum absolute atomic E-state index is 0.0442. The SMILES string of the molecule is C=CCNC(=O)C(=O)N/N=C\c1cc(Cl)c(OCC(=O)[O-])c(OCC)c1. The second-order valence-corrected chi connectivity index (χ2v) is 5.03. The first-order chi connectivity index (χ1) is 12.4. The number of hydrazone groups is 1.